The molecule has 1 aromatic carbocycles. The fourth-order valence-corrected chi connectivity index (χ4v) is 2.76. The Balaban J connectivity index is 1.67. The number of ether oxygens (including phenoxy) is 2. The van der Waals surface area contributed by atoms with Gasteiger partial charge in [0.2, 0.25) is 0 Å². The van der Waals surface area contributed by atoms with Gasteiger partial charge in [0.15, 0.2) is 0 Å². The molecule has 8 nitrogen and oxygen atoms in total. The number of nitro groups is 1. The van der Waals surface area contributed by atoms with Crippen molar-refractivity contribution in [2.75, 3.05) is 45.9 Å². The van der Waals surface area contributed by atoms with E-state index in [0.29, 0.717) is 23.5 Å². The van der Waals surface area contributed by atoms with Crippen LogP contribution in [-0.2, 0) is 14.3 Å². The van der Waals surface area contributed by atoms with E-state index in [9.17, 15) is 14.9 Å². The highest BCUT2D eigenvalue weighted by molar-refractivity contribution is 6.18. The maximum absolute atomic E-state index is 12.0. The maximum Gasteiger partial charge on any atom is 0.342 e. The molecule has 0 unspecified atom stereocenters. The number of hydrogen-bond acceptors (Lipinski definition) is 7. The third-order valence-electron chi connectivity index (χ3n) is 4.08. The number of esters is 1. The van der Waals surface area contributed by atoms with Crippen molar-refractivity contribution in [1.29, 1.82) is 0 Å². The van der Waals surface area contributed by atoms with Crippen molar-refractivity contribution in [3.05, 3.63) is 45.7 Å². The Bertz CT molecular complexity index is 650. The van der Waals surface area contributed by atoms with Crippen molar-refractivity contribution < 1.29 is 19.2 Å². The number of carbonyl (C=O) groups is 1. The average Bonchev–Trinajstić information content (AvgIpc) is 2.96. The van der Waals surface area contributed by atoms with Crippen LogP contribution in [0.15, 0.2) is 30.0 Å². The lowest BCUT2D eigenvalue weighted by Gasteiger charge is -2.27. The minimum absolute atomic E-state index is 0.0214. The third kappa shape index (κ3) is 3.72. The fraction of sp³-hybridized carbons (Fsp3) is 0.438. The van der Waals surface area contributed by atoms with E-state index in [1.54, 1.807) is 12.1 Å². The van der Waals surface area contributed by atoms with Crippen LogP contribution in [0.5, 0.6) is 0 Å². The van der Waals surface area contributed by atoms with E-state index in [0.717, 1.165) is 32.7 Å². The molecule has 3 rings (SSSR count). The minimum Gasteiger partial charge on any atom is -0.492 e. The molecule has 0 amide bonds. The lowest BCUT2D eigenvalue weighted by atomic mass is 10.1. The molecular weight excluding hydrogens is 314 g/mol. The van der Waals surface area contributed by atoms with Gasteiger partial charge in [-0.05, 0) is 17.7 Å². The highest BCUT2D eigenvalue weighted by atomic mass is 16.6. The van der Waals surface area contributed by atoms with Crippen molar-refractivity contribution >= 4 is 17.2 Å². The van der Waals surface area contributed by atoms with Crippen molar-refractivity contribution in [2.24, 2.45) is 0 Å². The first kappa shape index (κ1) is 16.4. The molecule has 0 saturated carbocycles. The molecule has 0 radical (unpaired) electrons. The number of nitro benzene ring substituents is 1. The Morgan fingerprint density at radius 1 is 1.25 bits per heavy atom. The first-order chi connectivity index (χ1) is 11.6. The van der Waals surface area contributed by atoms with Crippen molar-refractivity contribution in [2.45, 2.75) is 0 Å². The molecule has 1 aromatic rings. The second-order valence-corrected chi connectivity index (χ2v) is 5.62. The number of non-ortho nitro benzene ring substituents is 1. The van der Waals surface area contributed by atoms with Gasteiger partial charge in [-0.15, -0.1) is 0 Å². The van der Waals surface area contributed by atoms with Crippen molar-refractivity contribution in [1.82, 2.24) is 10.2 Å². The molecule has 24 heavy (non-hydrogen) atoms. The monoisotopic (exact) mass is 333 g/mol. The number of nitrogens with one attached hydrogen (secondary N) is 1. The van der Waals surface area contributed by atoms with Crippen molar-refractivity contribution in [3.63, 3.8) is 0 Å². The van der Waals surface area contributed by atoms with Gasteiger partial charge in [-0.25, -0.2) is 4.79 Å². The molecule has 1 saturated heterocycles. The molecule has 2 aliphatic rings. The Labute approximate surface area is 139 Å². The topological polar surface area (TPSA) is 93.9 Å². The van der Waals surface area contributed by atoms with Crippen LogP contribution in [-0.4, -0.2) is 61.7 Å². The van der Waals surface area contributed by atoms with Gasteiger partial charge in [0.1, 0.15) is 24.5 Å². The van der Waals surface area contributed by atoms with Crippen LogP contribution in [0.3, 0.4) is 0 Å². The van der Waals surface area contributed by atoms with E-state index in [-0.39, 0.29) is 12.3 Å². The molecule has 0 atom stereocenters. The van der Waals surface area contributed by atoms with E-state index >= 15 is 0 Å². The summed E-state index contributed by atoms with van der Waals surface area (Å²) in [6, 6.07) is 5.82. The summed E-state index contributed by atoms with van der Waals surface area (Å²) in [6.07, 6.45) is 0. The molecule has 0 aliphatic carbocycles. The van der Waals surface area contributed by atoms with E-state index in [1.807, 2.05) is 0 Å². The highest BCUT2D eigenvalue weighted by Gasteiger charge is 2.28. The highest BCUT2D eigenvalue weighted by Crippen LogP contribution is 2.28. The lowest BCUT2D eigenvalue weighted by molar-refractivity contribution is -0.384. The molecular formula is C16H19N3O5. The summed E-state index contributed by atoms with van der Waals surface area (Å²) in [5.41, 5.74) is 0.900. The third-order valence-corrected chi connectivity index (χ3v) is 4.08. The molecule has 0 aromatic heterocycles. The Hall–Kier alpha value is -2.45. The largest absolute Gasteiger partial charge is 0.492 e. The number of benzene rings is 1. The van der Waals surface area contributed by atoms with Crippen LogP contribution >= 0.6 is 0 Å². The number of nitrogens with zero attached hydrogens (tertiary/aromatic N) is 2. The molecule has 0 bridgehead atoms. The van der Waals surface area contributed by atoms with Gasteiger partial charge in [-0.1, -0.05) is 0 Å². The predicted octanol–water partition coefficient (Wildman–Crippen LogP) is 0.785. The molecule has 8 heteroatoms. The predicted molar refractivity (Wildman–Crippen MR) is 86.2 cm³/mol. The first-order valence-electron chi connectivity index (χ1n) is 7.86. The lowest BCUT2D eigenvalue weighted by Crippen LogP contribution is -2.44. The zero-order valence-corrected chi connectivity index (χ0v) is 13.2. The van der Waals surface area contributed by atoms with Gasteiger partial charge >= 0.3 is 5.97 Å². The zero-order valence-electron chi connectivity index (χ0n) is 13.2. The van der Waals surface area contributed by atoms with Gasteiger partial charge in [0.05, 0.1) is 4.92 Å². The van der Waals surface area contributed by atoms with Crippen LogP contribution in [0.25, 0.3) is 5.57 Å². The van der Waals surface area contributed by atoms with E-state index in [2.05, 4.69) is 10.2 Å². The summed E-state index contributed by atoms with van der Waals surface area (Å²) in [5, 5.41) is 14.0. The zero-order chi connectivity index (χ0) is 16.9. The fourth-order valence-electron chi connectivity index (χ4n) is 2.76. The number of carbonyl (C=O) groups excluding carboxylic acids is 1. The molecule has 2 aliphatic heterocycles. The number of hydrogen-bond donors (Lipinski definition) is 1. The van der Waals surface area contributed by atoms with Crippen LogP contribution < -0.4 is 5.32 Å². The molecule has 1 fully saturated rings. The molecule has 1 N–H and O–H groups in total. The average molecular weight is 333 g/mol. The summed E-state index contributed by atoms with van der Waals surface area (Å²) in [5.74, 6) is 0.0324. The number of cyclic esters (lactones) is 1. The second-order valence-electron chi connectivity index (χ2n) is 5.62. The summed E-state index contributed by atoms with van der Waals surface area (Å²) in [7, 11) is 0. The van der Waals surface area contributed by atoms with Crippen LogP contribution in [0, 0.1) is 10.1 Å². The number of rotatable bonds is 6. The van der Waals surface area contributed by atoms with E-state index in [4.69, 9.17) is 9.47 Å². The smallest absolute Gasteiger partial charge is 0.342 e. The Morgan fingerprint density at radius 2 is 1.96 bits per heavy atom. The van der Waals surface area contributed by atoms with Crippen LogP contribution in [0.1, 0.15) is 5.56 Å². The quantitative estimate of drug-likeness (QED) is 0.467. The molecule has 2 heterocycles. The summed E-state index contributed by atoms with van der Waals surface area (Å²) in [4.78, 5) is 24.5. The van der Waals surface area contributed by atoms with Crippen LogP contribution in [0.2, 0.25) is 0 Å². The number of piperazine rings is 1. The van der Waals surface area contributed by atoms with Crippen LogP contribution in [0.4, 0.5) is 5.69 Å². The van der Waals surface area contributed by atoms with Gasteiger partial charge in [0, 0.05) is 44.9 Å². The molecule has 128 valence electrons. The summed E-state index contributed by atoms with van der Waals surface area (Å²) >= 11 is 0. The SMILES string of the molecule is O=C1OCC(OCCN2CCNCC2)=C1c1ccc([N+](=O)[O-])cc1. The summed E-state index contributed by atoms with van der Waals surface area (Å²) < 4.78 is 10.8. The standard InChI is InChI=1S/C16H19N3O5/c20-16-15(12-1-3-13(4-2-12)19(21)22)14(11-24-16)23-10-9-18-7-5-17-6-8-18/h1-4,17H,5-11H2. The van der Waals surface area contributed by atoms with E-state index < -0.39 is 10.9 Å². The van der Waals surface area contributed by atoms with Crippen molar-refractivity contribution in [3.8, 4) is 0 Å². The molecule has 0 spiro atoms. The van der Waals surface area contributed by atoms with Gasteiger partial charge in [-0.2, -0.15) is 0 Å². The van der Waals surface area contributed by atoms with Gasteiger partial charge in [0.25, 0.3) is 5.69 Å². The van der Waals surface area contributed by atoms with Gasteiger partial charge in [-0.3, -0.25) is 15.0 Å². The van der Waals surface area contributed by atoms with Gasteiger partial charge < -0.3 is 14.8 Å². The minimum atomic E-state index is -0.476. The first-order valence-corrected chi connectivity index (χ1v) is 7.86. The van der Waals surface area contributed by atoms with E-state index in [1.165, 1.54) is 12.1 Å². The normalized spacial score (nSPS) is 18.6. The summed E-state index contributed by atoms with van der Waals surface area (Å²) in [6.45, 7) is 5.26. The second kappa shape index (κ2) is 7.41. The Kier molecular flexibility index (Phi) is 5.07. The maximum atomic E-state index is 12.0. The Morgan fingerprint density at radius 3 is 2.62 bits per heavy atom.